The molecule has 0 unspecified atom stereocenters. The maximum absolute atomic E-state index is 10.9. The van der Waals surface area contributed by atoms with E-state index in [0.717, 1.165) is 5.56 Å². The smallest absolute Gasteiger partial charge is 0.291 e. The fourth-order valence-corrected chi connectivity index (χ4v) is 1.68. The normalized spacial score (nSPS) is 10.1. The fourth-order valence-electron chi connectivity index (χ4n) is 1.68. The Kier molecular flexibility index (Phi) is 3.18. The molecule has 92 valence electrons. The van der Waals surface area contributed by atoms with E-state index in [2.05, 4.69) is 9.97 Å². The van der Waals surface area contributed by atoms with E-state index in [1.165, 1.54) is 13.3 Å². The van der Waals surface area contributed by atoms with Gasteiger partial charge in [-0.25, -0.2) is 4.98 Å². The van der Waals surface area contributed by atoms with Gasteiger partial charge < -0.3 is 4.74 Å². The quantitative estimate of drug-likeness (QED) is 0.612. The molecule has 0 N–H and O–H groups in total. The molecule has 6 heteroatoms. The van der Waals surface area contributed by atoms with Crippen LogP contribution in [0.4, 0.5) is 5.69 Å². The molecule has 0 aromatic carbocycles. The first-order valence-electron chi connectivity index (χ1n) is 5.23. The van der Waals surface area contributed by atoms with Crippen molar-refractivity contribution < 1.29 is 9.66 Å². The average Bonchev–Trinajstić information content (AvgIpc) is 2.38. The van der Waals surface area contributed by atoms with Crippen LogP contribution in [0.2, 0.25) is 0 Å². The van der Waals surface area contributed by atoms with Crippen LogP contribution in [0, 0.1) is 17.0 Å². The second-order valence-corrected chi connectivity index (χ2v) is 3.68. The Hall–Kier alpha value is -2.50. The maximum Gasteiger partial charge on any atom is 0.291 e. The van der Waals surface area contributed by atoms with Crippen LogP contribution in [0.5, 0.6) is 5.88 Å². The highest BCUT2D eigenvalue weighted by Crippen LogP contribution is 2.29. The minimum absolute atomic E-state index is 0.00304. The number of aromatic nitrogens is 2. The summed E-state index contributed by atoms with van der Waals surface area (Å²) < 4.78 is 5.03. The van der Waals surface area contributed by atoms with Crippen molar-refractivity contribution in [2.75, 3.05) is 7.11 Å². The van der Waals surface area contributed by atoms with E-state index < -0.39 is 4.92 Å². The van der Waals surface area contributed by atoms with Gasteiger partial charge in [-0.1, -0.05) is 0 Å². The lowest BCUT2D eigenvalue weighted by Gasteiger charge is -2.06. The highest BCUT2D eigenvalue weighted by molar-refractivity contribution is 5.70. The third kappa shape index (κ3) is 2.13. The third-order valence-electron chi connectivity index (χ3n) is 2.64. The summed E-state index contributed by atoms with van der Waals surface area (Å²) in [6, 6.07) is 3.48. The predicted octanol–water partition coefficient (Wildman–Crippen LogP) is 2.37. The van der Waals surface area contributed by atoms with Crippen LogP contribution in [-0.2, 0) is 0 Å². The molecule has 0 fully saturated rings. The van der Waals surface area contributed by atoms with Crippen LogP contribution < -0.4 is 4.74 Å². The van der Waals surface area contributed by atoms with E-state index >= 15 is 0 Å². The van der Waals surface area contributed by atoms with Crippen molar-refractivity contribution in [3.8, 4) is 17.0 Å². The zero-order valence-corrected chi connectivity index (χ0v) is 9.95. The Balaban J connectivity index is 2.57. The number of rotatable bonds is 3. The number of hydrogen-bond donors (Lipinski definition) is 0. The number of ether oxygens (including phenoxy) is 1. The van der Waals surface area contributed by atoms with Crippen molar-refractivity contribution in [1.29, 1.82) is 0 Å². The minimum Gasteiger partial charge on any atom is -0.481 e. The Morgan fingerprint density at radius 3 is 2.83 bits per heavy atom. The molecule has 0 radical (unpaired) electrons. The van der Waals surface area contributed by atoms with Gasteiger partial charge in [-0.2, -0.15) is 0 Å². The first-order chi connectivity index (χ1) is 8.63. The molecule has 2 rings (SSSR count). The lowest BCUT2D eigenvalue weighted by molar-refractivity contribution is -0.385. The number of nitrogens with zero attached hydrogens (tertiary/aromatic N) is 3. The average molecular weight is 245 g/mol. The molecule has 0 saturated carbocycles. The van der Waals surface area contributed by atoms with Crippen LogP contribution in [0.25, 0.3) is 11.1 Å². The number of hydrogen-bond acceptors (Lipinski definition) is 5. The molecule has 2 aromatic heterocycles. The molecule has 0 saturated heterocycles. The zero-order chi connectivity index (χ0) is 13.1. The summed E-state index contributed by atoms with van der Waals surface area (Å²) in [7, 11) is 1.52. The van der Waals surface area contributed by atoms with E-state index in [0.29, 0.717) is 17.0 Å². The van der Waals surface area contributed by atoms with Crippen LogP contribution in [-0.4, -0.2) is 22.0 Å². The van der Waals surface area contributed by atoms with Gasteiger partial charge in [0.1, 0.15) is 6.20 Å². The molecule has 0 aliphatic rings. The van der Waals surface area contributed by atoms with Crippen LogP contribution in [0.15, 0.2) is 30.7 Å². The van der Waals surface area contributed by atoms with E-state index in [4.69, 9.17) is 4.74 Å². The molecule has 0 bridgehead atoms. The van der Waals surface area contributed by atoms with Crippen LogP contribution in [0.3, 0.4) is 0 Å². The van der Waals surface area contributed by atoms with Crippen molar-refractivity contribution in [2.45, 2.75) is 6.92 Å². The molecule has 0 spiro atoms. The molecule has 0 amide bonds. The maximum atomic E-state index is 10.9. The van der Waals surface area contributed by atoms with Crippen LogP contribution >= 0.6 is 0 Å². The minimum atomic E-state index is -0.440. The van der Waals surface area contributed by atoms with E-state index in [1.807, 2.05) is 0 Å². The third-order valence-corrected chi connectivity index (χ3v) is 2.64. The Morgan fingerprint density at radius 1 is 1.39 bits per heavy atom. The summed E-state index contributed by atoms with van der Waals surface area (Å²) in [5.41, 5.74) is 2.06. The Bertz CT molecular complexity index is 599. The topological polar surface area (TPSA) is 78.2 Å². The van der Waals surface area contributed by atoms with Gasteiger partial charge in [-0.05, 0) is 18.6 Å². The summed E-state index contributed by atoms with van der Waals surface area (Å²) in [5.74, 6) is 0.457. The molecule has 2 aromatic rings. The standard InChI is InChI=1S/C12H11N3O3/c1-8-10(6-13-7-11(8)15(16)17)9-3-4-14-12(5-9)18-2/h3-7H,1-2H3. The molecular formula is C12H11N3O3. The van der Waals surface area contributed by atoms with Gasteiger partial charge in [0.2, 0.25) is 5.88 Å². The lowest BCUT2D eigenvalue weighted by atomic mass is 10.0. The summed E-state index contributed by atoms with van der Waals surface area (Å²) in [5, 5.41) is 10.9. The highest BCUT2D eigenvalue weighted by atomic mass is 16.6. The van der Waals surface area contributed by atoms with Crippen molar-refractivity contribution >= 4 is 5.69 Å². The number of pyridine rings is 2. The van der Waals surface area contributed by atoms with E-state index in [-0.39, 0.29) is 5.69 Å². The largest absolute Gasteiger partial charge is 0.481 e. The van der Waals surface area contributed by atoms with Gasteiger partial charge in [0, 0.05) is 29.6 Å². The second kappa shape index (κ2) is 4.79. The van der Waals surface area contributed by atoms with Crippen molar-refractivity contribution in [2.24, 2.45) is 0 Å². The van der Waals surface area contributed by atoms with Gasteiger partial charge in [0.05, 0.1) is 12.0 Å². The van der Waals surface area contributed by atoms with Gasteiger partial charge in [0.15, 0.2) is 0 Å². The van der Waals surface area contributed by atoms with Gasteiger partial charge in [-0.15, -0.1) is 0 Å². The SMILES string of the molecule is COc1cc(-c2cncc([N+](=O)[O-])c2C)ccn1. The van der Waals surface area contributed by atoms with Crippen LogP contribution in [0.1, 0.15) is 5.56 Å². The summed E-state index contributed by atoms with van der Waals surface area (Å²) in [6.07, 6.45) is 4.43. The molecule has 6 nitrogen and oxygen atoms in total. The molecular weight excluding hydrogens is 234 g/mol. The molecule has 18 heavy (non-hydrogen) atoms. The molecule has 0 aliphatic heterocycles. The summed E-state index contributed by atoms with van der Waals surface area (Å²) in [4.78, 5) is 18.3. The highest BCUT2D eigenvalue weighted by Gasteiger charge is 2.15. The second-order valence-electron chi connectivity index (χ2n) is 3.68. The fraction of sp³-hybridized carbons (Fsp3) is 0.167. The summed E-state index contributed by atoms with van der Waals surface area (Å²) in [6.45, 7) is 1.70. The van der Waals surface area contributed by atoms with Gasteiger partial charge in [0.25, 0.3) is 5.69 Å². The monoisotopic (exact) mass is 245 g/mol. The lowest BCUT2D eigenvalue weighted by Crippen LogP contribution is -1.96. The molecule has 2 heterocycles. The van der Waals surface area contributed by atoms with Crippen molar-refractivity contribution in [3.63, 3.8) is 0 Å². The van der Waals surface area contributed by atoms with Crippen molar-refractivity contribution in [1.82, 2.24) is 9.97 Å². The number of nitro groups is 1. The Morgan fingerprint density at radius 2 is 2.17 bits per heavy atom. The first kappa shape index (κ1) is 12.0. The molecule has 0 aliphatic carbocycles. The summed E-state index contributed by atoms with van der Waals surface area (Å²) >= 11 is 0. The van der Waals surface area contributed by atoms with Gasteiger partial charge in [-0.3, -0.25) is 15.1 Å². The van der Waals surface area contributed by atoms with Gasteiger partial charge >= 0.3 is 0 Å². The molecule has 0 atom stereocenters. The first-order valence-corrected chi connectivity index (χ1v) is 5.23. The predicted molar refractivity (Wildman–Crippen MR) is 65.4 cm³/mol. The van der Waals surface area contributed by atoms with E-state index in [9.17, 15) is 10.1 Å². The Labute approximate surface area is 103 Å². The zero-order valence-electron chi connectivity index (χ0n) is 9.95. The van der Waals surface area contributed by atoms with Crippen molar-refractivity contribution in [3.05, 3.63) is 46.4 Å². The number of methoxy groups -OCH3 is 1. The van der Waals surface area contributed by atoms with E-state index in [1.54, 1.807) is 31.5 Å².